The molecule has 2 aromatic heterocycles. The number of aromatic nitrogens is 2. The quantitative estimate of drug-likeness (QED) is 0.561. The van der Waals surface area contributed by atoms with Crippen molar-refractivity contribution in [3.8, 4) is 17.2 Å². The lowest BCUT2D eigenvalue weighted by atomic mass is 10.1. The zero-order chi connectivity index (χ0) is 17.4. The number of rotatable bonds is 5. The molecule has 0 bridgehead atoms. The molecule has 0 fully saturated rings. The zero-order valence-electron chi connectivity index (χ0n) is 13.6. The summed E-state index contributed by atoms with van der Waals surface area (Å²) in [5.41, 5.74) is 2.11. The molecule has 0 aliphatic heterocycles. The highest BCUT2D eigenvalue weighted by Gasteiger charge is 2.22. The van der Waals surface area contributed by atoms with Crippen LogP contribution in [0.5, 0.6) is 5.75 Å². The van der Waals surface area contributed by atoms with Gasteiger partial charge >= 0.3 is 5.97 Å². The smallest absolute Gasteiger partial charge is 0.339 e. The molecule has 2 N–H and O–H groups in total. The van der Waals surface area contributed by atoms with Gasteiger partial charge in [0, 0.05) is 5.39 Å². The van der Waals surface area contributed by atoms with Crippen LogP contribution in [-0.4, -0.2) is 27.9 Å². The van der Waals surface area contributed by atoms with Crippen LogP contribution in [0.15, 0.2) is 46.9 Å². The van der Waals surface area contributed by atoms with Crippen molar-refractivity contribution in [2.45, 2.75) is 13.3 Å². The fraction of sp³-hybridized carbons (Fsp3) is 0.158. The lowest BCUT2D eigenvalue weighted by molar-refractivity contribution is 0.0692. The Labute approximate surface area is 143 Å². The summed E-state index contributed by atoms with van der Waals surface area (Å²) in [5.74, 6) is -0.131. The number of para-hydroxylation sites is 1. The third-order valence-electron chi connectivity index (χ3n) is 4.03. The summed E-state index contributed by atoms with van der Waals surface area (Å²) in [5, 5.41) is 18.3. The minimum Gasteiger partial charge on any atom is -0.492 e. The van der Waals surface area contributed by atoms with Crippen molar-refractivity contribution < 1.29 is 19.1 Å². The number of carbonyl (C=O) groups is 1. The molecule has 0 saturated heterocycles. The molecular formula is C19H16N2O4. The van der Waals surface area contributed by atoms with Crippen molar-refractivity contribution in [1.82, 2.24) is 10.2 Å². The number of benzene rings is 2. The van der Waals surface area contributed by atoms with E-state index in [0.717, 1.165) is 17.4 Å². The number of hydrogen-bond acceptors (Lipinski definition) is 4. The van der Waals surface area contributed by atoms with Crippen LogP contribution in [0.3, 0.4) is 0 Å². The Morgan fingerprint density at radius 2 is 2.12 bits per heavy atom. The molecule has 0 unspecified atom stereocenters. The molecule has 0 spiro atoms. The van der Waals surface area contributed by atoms with Crippen LogP contribution in [0.2, 0.25) is 0 Å². The number of carboxylic acids is 1. The largest absolute Gasteiger partial charge is 0.492 e. The van der Waals surface area contributed by atoms with E-state index in [9.17, 15) is 9.90 Å². The molecule has 25 heavy (non-hydrogen) atoms. The van der Waals surface area contributed by atoms with Crippen LogP contribution in [0.1, 0.15) is 23.7 Å². The summed E-state index contributed by atoms with van der Waals surface area (Å²) >= 11 is 0. The number of furan rings is 1. The maximum absolute atomic E-state index is 11.6. The highest BCUT2D eigenvalue weighted by atomic mass is 16.5. The van der Waals surface area contributed by atoms with E-state index >= 15 is 0 Å². The number of ether oxygens (including phenoxy) is 1. The van der Waals surface area contributed by atoms with Gasteiger partial charge in [-0.25, -0.2) is 4.79 Å². The molecular weight excluding hydrogens is 320 g/mol. The number of aromatic carboxylic acids is 1. The Kier molecular flexibility index (Phi) is 3.65. The third kappa shape index (κ3) is 2.52. The van der Waals surface area contributed by atoms with E-state index in [1.54, 1.807) is 6.07 Å². The van der Waals surface area contributed by atoms with Crippen molar-refractivity contribution in [3.05, 3.63) is 48.0 Å². The highest BCUT2D eigenvalue weighted by Crippen LogP contribution is 2.38. The summed E-state index contributed by atoms with van der Waals surface area (Å²) in [6, 6.07) is 12.8. The summed E-state index contributed by atoms with van der Waals surface area (Å²) in [4.78, 5) is 11.6. The summed E-state index contributed by atoms with van der Waals surface area (Å²) in [7, 11) is 0. The van der Waals surface area contributed by atoms with Gasteiger partial charge in [-0.15, -0.1) is 0 Å². The Bertz CT molecular complexity index is 1040. The van der Waals surface area contributed by atoms with Gasteiger partial charge in [0.25, 0.3) is 0 Å². The van der Waals surface area contributed by atoms with Crippen LogP contribution in [0.25, 0.3) is 33.3 Å². The minimum atomic E-state index is -1.04. The predicted octanol–water partition coefficient (Wildman–Crippen LogP) is 4.46. The van der Waals surface area contributed by atoms with Crippen molar-refractivity contribution in [1.29, 1.82) is 0 Å². The molecule has 126 valence electrons. The monoisotopic (exact) mass is 336 g/mol. The average molecular weight is 336 g/mol. The number of hydrogen-bond donors (Lipinski definition) is 2. The second-order valence-electron chi connectivity index (χ2n) is 5.74. The fourth-order valence-electron chi connectivity index (χ4n) is 2.88. The fourth-order valence-corrected chi connectivity index (χ4v) is 2.88. The Morgan fingerprint density at radius 1 is 1.28 bits per heavy atom. The Balaban J connectivity index is 1.97. The minimum absolute atomic E-state index is 0.111. The van der Waals surface area contributed by atoms with Crippen LogP contribution >= 0.6 is 0 Å². The highest BCUT2D eigenvalue weighted by molar-refractivity contribution is 6.05. The number of H-pyrrole nitrogens is 1. The van der Waals surface area contributed by atoms with Crippen molar-refractivity contribution in [2.24, 2.45) is 0 Å². The van der Waals surface area contributed by atoms with Gasteiger partial charge < -0.3 is 14.3 Å². The molecule has 0 aliphatic rings. The zero-order valence-corrected chi connectivity index (χ0v) is 13.6. The van der Waals surface area contributed by atoms with Crippen molar-refractivity contribution in [2.75, 3.05) is 6.61 Å². The maximum Gasteiger partial charge on any atom is 0.339 e. The third-order valence-corrected chi connectivity index (χ3v) is 4.03. The van der Waals surface area contributed by atoms with Gasteiger partial charge in [-0.2, -0.15) is 5.10 Å². The first kappa shape index (κ1) is 15.3. The van der Waals surface area contributed by atoms with E-state index in [4.69, 9.17) is 9.15 Å². The molecule has 0 amide bonds. The first-order chi connectivity index (χ1) is 12.2. The topological polar surface area (TPSA) is 88.4 Å². The van der Waals surface area contributed by atoms with Gasteiger partial charge in [0.2, 0.25) is 0 Å². The van der Waals surface area contributed by atoms with Gasteiger partial charge in [0.15, 0.2) is 5.76 Å². The number of nitrogens with zero attached hydrogens (tertiary/aromatic N) is 1. The molecule has 6 heteroatoms. The molecule has 0 saturated carbocycles. The van der Waals surface area contributed by atoms with Crippen LogP contribution in [0.4, 0.5) is 0 Å². The Hall–Kier alpha value is -3.28. The van der Waals surface area contributed by atoms with E-state index in [0.29, 0.717) is 34.7 Å². The first-order valence-corrected chi connectivity index (χ1v) is 8.05. The lowest BCUT2D eigenvalue weighted by Gasteiger charge is -2.10. The Morgan fingerprint density at radius 3 is 2.88 bits per heavy atom. The molecule has 2 heterocycles. The number of aromatic amines is 1. The summed E-state index contributed by atoms with van der Waals surface area (Å²) < 4.78 is 11.7. The van der Waals surface area contributed by atoms with E-state index in [2.05, 4.69) is 10.2 Å². The molecule has 4 rings (SSSR count). The molecule has 4 aromatic rings. The number of carboxylic acid groups (broad SMARTS) is 1. The first-order valence-electron chi connectivity index (χ1n) is 8.05. The lowest BCUT2D eigenvalue weighted by Crippen LogP contribution is -2.04. The van der Waals surface area contributed by atoms with E-state index < -0.39 is 5.97 Å². The van der Waals surface area contributed by atoms with E-state index in [-0.39, 0.29) is 5.56 Å². The molecule has 0 aliphatic carbocycles. The maximum atomic E-state index is 11.6. The van der Waals surface area contributed by atoms with Crippen LogP contribution < -0.4 is 4.74 Å². The van der Waals surface area contributed by atoms with Crippen molar-refractivity contribution in [3.63, 3.8) is 0 Å². The molecule has 6 nitrogen and oxygen atoms in total. The summed E-state index contributed by atoms with van der Waals surface area (Å²) in [6.07, 6.45) is 0.771. The second kappa shape index (κ2) is 5.98. The van der Waals surface area contributed by atoms with Gasteiger partial charge in [-0.05, 0) is 30.7 Å². The predicted molar refractivity (Wildman–Crippen MR) is 94.0 cm³/mol. The number of fused-ring (bicyclic) bond motifs is 2. The van der Waals surface area contributed by atoms with Crippen LogP contribution in [-0.2, 0) is 0 Å². The molecule has 0 atom stereocenters. The van der Waals surface area contributed by atoms with Gasteiger partial charge in [-0.1, -0.05) is 25.1 Å². The molecule has 0 radical (unpaired) electrons. The van der Waals surface area contributed by atoms with Gasteiger partial charge in [0.1, 0.15) is 22.6 Å². The van der Waals surface area contributed by atoms with Crippen molar-refractivity contribution >= 4 is 27.8 Å². The van der Waals surface area contributed by atoms with Gasteiger partial charge in [0.05, 0.1) is 17.5 Å². The SMILES string of the molecule is CCCOc1c(C(=O)O)ccc2n[nH]c(-c3cc4ccccc4o3)c12. The molecule has 2 aromatic carbocycles. The van der Waals surface area contributed by atoms with E-state index in [1.807, 2.05) is 37.3 Å². The summed E-state index contributed by atoms with van der Waals surface area (Å²) in [6.45, 7) is 2.39. The number of nitrogens with one attached hydrogen (secondary N) is 1. The van der Waals surface area contributed by atoms with Crippen LogP contribution in [0, 0.1) is 0 Å². The standard InChI is InChI=1S/C19H16N2O4/c1-2-9-24-18-12(19(22)23)7-8-13-16(18)17(21-20-13)15-10-11-5-3-4-6-14(11)25-15/h3-8,10H,2,9H2,1H3,(H,20,21)(H,22,23). The second-order valence-corrected chi connectivity index (χ2v) is 5.74. The van der Waals surface area contributed by atoms with Gasteiger partial charge in [-0.3, -0.25) is 5.10 Å². The average Bonchev–Trinajstić information content (AvgIpc) is 3.22. The van der Waals surface area contributed by atoms with E-state index in [1.165, 1.54) is 6.07 Å². The normalized spacial score (nSPS) is 11.2.